The minimum Gasteiger partial charge on any atom is -0.465 e. The number of aryl methyl sites for hydroxylation is 1. The molecule has 2 amide bonds. The predicted molar refractivity (Wildman–Crippen MR) is 93.6 cm³/mol. The van der Waals surface area contributed by atoms with Crippen molar-refractivity contribution in [2.24, 2.45) is 0 Å². The van der Waals surface area contributed by atoms with E-state index in [2.05, 4.69) is 15.6 Å². The first-order valence-electron chi connectivity index (χ1n) is 7.53. The Labute approximate surface area is 145 Å². The maximum absolute atomic E-state index is 11.9. The second kappa shape index (κ2) is 8.44. The first-order valence-corrected chi connectivity index (χ1v) is 7.53. The lowest BCUT2D eigenvalue weighted by molar-refractivity contribution is -0.117. The number of esters is 1. The Morgan fingerprint density at radius 1 is 0.880 bits per heavy atom. The molecule has 2 aromatic carbocycles. The maximum Gasteiger partial charge on any atom is 0.337 e. The molecule has 0 spiro atoms. The van der Waals surface area contributed by atoms with E-state index in [0.29, 0.717) is 11.1 Å². The lowest BCUT2D eigenvalue weighted by atomic mass is 10.1. The van der Waals surface area contributed by atoms with E-state index >= 15 is 0 Å². The van der Waals surface area contributed by atoms with Gasteiger partial charge in [-0.15, -0.1) is 0 Å². The number of rotatable bonds is 4. The fraction of sp³-hybridized carbons (Fsp3) is 0.105. The molecule has 0 heterocycles. The van der Waals surface area contributed by atoms with Gasteiger partial charge in [-0.3, -0.25) is 20.4 Å². The number of hydrogen-bond donors (Lipinski definition) is 2. The van der Waals surface area contributed by atoms with Crippen LogP contribution in [-0.2, 0) is 9.53 Å². The molecule has 0 atom stereocenters. The van der Waals surface area contributed by atoms with E-state index in [-0.39, 0.29) is 0 Å². The third kappa shape index (κ3) is 5.31. The Morgan fingerprint density at radius 2 is 1.48 bits per heavy atom. The van der Waals surface area contributed by atoms with Gasteiger partial charge in [0.2, 0.25) is 0 Å². The van der Waals surface area contributed by atoms with E-state index in [1.54, 1.807) is 6.08 Å². The monoisotopic (exact) mass is 338 g/mol. The van der Waals surface area contributed by atoms with Crippen LogP contribution < -0.4 is 10.9 Å². The molecule has 0 aliphatic rings. The summed E-state index contributed by atoms with van der Waals surface area (Å²) in [6.45, 7) is 1.98. The standard InChI is InChI=1S/C19H18N2O4/c1-13-3-5-14(6-4-13)7-12-17(22)20-21-18(23)15-8-10-16(11-9-15)19(24)25-2/h3-12H,1-2H3,(H,20,22)(H,21,23). The number of methoxy groups -OCH3 is 1. The highest BCUT2D eigenvalue weighted by molar-refractivity contribution is 5.98. The molecule has 0 saturated carbocycles. The summed E-state index contributed by atoms with van der Waals surface area (Å²) in [7, 11) is 1.28. The van der Waals surface area contributed by atoms with E-state index in [9.17, 15) is 14.4 Å². The highest BCUT2D eigenvalue weighted by Gasteiger charge is 2.09. The lowest BCUT2D eigenvalue weighted by Crippen LogP contribution is -2.40. The van der Waals surface area contributed by atoms with Crippen LogP contribution in [0.15, 0.2) is 54.6 Å². The van der Waals surface area contributed by atoms with Crippen molar-refractivity contribution in [3.63, 3.8) is 0 Å². The summed E-state index contributed by atoms with van der Waals surface area (Å²) in [4.78, 5) is 35.0. The number of amides is 2. The summed E-state index contributed by atoms with van der Waals surface area (Å²) >= 11 is 0. The van der Waals surface area contributed by atoms with Crippen molar-refractivity contribution in [1.82, 2.24) is 10.9 Å². The van der Waals surface area contributed by atoms with Crippen molar-refractivity contribution in [2.45, 2.75) is 6.92 Å². The predicted octanol–water partition coefficient (Wildman–Crippen LogP) is 2.26. The number of ether oxygens (including phenoxy) is 1. The van der Waals surface area contributed by atoms with E-state index < -0.39 is 17.8 Å². The van der Waals surface area contributed by atoms with Gasteiger partial charge in [0.1, 0.15) is 0 Å². The Balaban J connectivity index is 1.87. The van der Waals surface area contributed by atoms with Gasteiger partial charge in [-0.05, 0) is 42.8 Å². The molecule has 0 saturated heterocycles. The highest BCUT2D eigenvalue weighted by Crippen LogP contribution is 2.06. The molecule has 0 aromatic heterocycles. The van der Waals surface area contributed by atoms with Gasteiger partial charge in [0, 0.05) is 11.6 Å². The molecule has 0 radical (unpaired) electrons. The van der Waals surface area contributed by atoms with Gasteiger partial charge in [0.05, 0.1) is 12.7 Å². The van der Waals surface area contributed by atoms with Crippen LogP contribution in [0.4, 0.5) is 0 Å². The van der Waals surface area contributed by atoms with Crippen LogP contribution in [0.1, 0.15) is 31.8 Å². The van der Waals surface area contributed by atoms with Gasteiger partial charge in [-0.25, -0.2) is 4.79 Å². The number of hydrazine groups is 1. The van der Waals surface area contributed by atoms with Crippen molar-refractivity contribution >= 4 is 23.9 Å². The Bertz CT molecular complexity index is 793. The summed E-state index contributed by atoms with van der Waals surface area (Å²) in [5.41, 5.74) is 7.25. The molecule has 128 valence electrons. The Morgan fingerprint density at radius 3 is 2.08 bits per heavy atom. The van der Waals surface area contributed by atoms with Crippen LogP contribution in [0.25, 0.3) is 6.08 Å². The first kappa shape index (κ1) is 17.9. The molecule has 0 aliphatic heterocycles. The maximum atomic E-state index is 11.9. The van der Waals surface area contributed by atoms with Crippen LogP contribution in [0, 0.1) is 6.92 Å². The van der Waals surface area contributed by atoms with Crippen LogP contribution >= 0.6 is 0 Å². The zero-order valence-electron chi connectivity index (χ0n) is 13.9. The van der Waals surface area contributed by atoms with E-state index in [1.807, 2.05) is 31.2 Å². The number of carbonyl (C=O) groups is 3. The normalized spacial score (nSPS) is 10.3. The van der Waals surface area contributed by atoms with Gasteiger partial charge in [-0.1, -0.05) is 29.8 Å². The molecule has 0 unspecified atom stereocenters. The Hall–Kier alpha value is -3.41. The average Bonchev–Trinajstić information content (AvgIpc) is 2.65. The fourth-order valence-electron chi connectivity index (χ4n) is 1.96. The molecule has 0 aliphatic carbocycles. The second-order valence-electron chi connectivity index (χ2n) is 5.26. The average molecular weight is 338 g/mol. The topological polar surface area (TPSA) is 84.5 Å². The molecular formula is C19H18N2O4. The van der Waals surface area contributed by atoms with Crippen molar-refractivity contribution in [3.8, 4) is 0 Å². The van der Waals surface area contributed by atoms with Gasteiger partial charge in [0.15, 0.2) is 0 Å². The van der Waals surface area contributed by atoms with Crippen LogP contribution in [0.5, 0.6) is 0 Å². The molecule has 0 bridgehead atoms. The summed E-state index contributed by atoms with van der Waals surface area (Å²) < 4.78 is 4.58. The van der Waals surface area contributed by atoms with E-state index in [0.717, 1.165) is 11.1 Å². The fourth-order valence-corrected chi connectivity index (χ4v) is 1.96. The van der Waals surface area contributed by atoms with Gasteiger partial charge in [-0.2, -0.15) is 0 Å². The first-order chi connectivity index (χ1) is 12.0. The third-order valence-corrected chi connectivity index (χ3v) is 3.37. The minimum atomic E-state index is -0.492. The smallest absolute Gasteiger partial charge is 0.337 e. The quantitative estimate of drug-likeness (QED) is 0.509. The summed E-state index contributed by atoms with van der Waals surface area (Å²) in [6.07, 6.45) is 2.97. The molecule has 0 fully saturated rings. The molecular weight excluding hydrogens is 320 g/mol. The Kier molecular flexibility index (Phi) is 6.06. The summed E-state index contributed by atoms with van der Waals surface area (Å²) in [5, 5.41) is 0. The molecule has 25 heavy (non-hydrogen) atoms. The van der Waals surface area contributed by atoms with E-state index in [1.165, 1.54) is 37.5 Å². The number of hydrogen-bond acceptors (Lipinski definition) is 4. The van der Waals surface area contributed by atoms with Crippen LogP contribution in [0.2, 0.25) is 0 Å². The molecule has 2 rings (SSSR count). The second-order valence-corrected chi connectivity index (χ2v) is 5.26. The van der Waals surface area contributed by atoms with Gasteiger partial charge < -0.3 is 4.74 Å². The molecule has 2 N–H and O–H groups in total. The van der Waals surface area contributed by atoms with Crippen molar-refractivity contribution in [1.29, 1.82) is 0 Å². The van der Waals surface area contributed by atoms with Crippen LogP contribution in [-0.4, -0.2) is 24.9 Å². The minimum absolute atomic E-state index is 0.301. The number of carbonyl (C=O) groups excluding carboxylic acids is 3. The van der Waals surface area contributed by atoms with Crippen molar-refractivity contribution in [3.05, 3.63) is 76.9 Å². The zero-order valence-corrected chi connectivity index (χ0v) is 13.9. The summed E-state index contributed by atoms with van der Waals surface area (Å²) in [6, 6.07) is 13.5. The van der Waals surface area contributed by atoms with Crippen LogP contribution in [0.3, 0.4) is 0 Å². The largest absolute Gasteiger partial charge is 0.465 e. The van der Waals surface area contributed by atoms with Gasteiger partial charge in [0.25, 0.3) is 11.8 Å². The third-order valence-electron chi connectivity index (χ3n) is 3.37. The highest BCUT2D eigenvalue weighted by atomic mass is 16.5. The van der Waals surface area contributed by atoms with Crippen molar-refractivity contribution in [2.75, 3.05) is 7.11 Å². The lowest BCUT2D eigenvalue weighted by Gasteiger charge is -2.06. The molecule has 2 aromatic rings. The molecule has 6 nitrogen and oxygen atoms in total. The zero-order chi connectivity index (χ0) is 18.2. The number of benzene rings is 2. The van der Waals surface area contributed by atoms with Gasteiger partial charge >= 0.3 is 5.97 Å². The van der Waals surface area contributed by atoms with E-state index in [4.69, 9.17) is 0 Å². The SMILES string of the molecule is COC(=O)c1ccc(C(=O)NNC(=O)C=Cc2ccc(C)cc2)cc1. The summed E-state index contributed by atoms with van der Waals surface area (Å²) in [5.74, 6) is -1.44. The molecule has 6 heteroatoms. The van der Waals surface area contributed by atoms with Crippen molar-refractivity contribution < 1.29 is 19.1 Å². The number of nitrogens with one attached hydrogen (secondary N) is 2.